The predicted octanol–water partition coefficient (Wildman–Crippen LogP) is 4.49. The summed E-state index contributed by atoms with van der Waals surface area (Å²) in [5.74, 6) is 0.495. The van der Waals surface area contributed by atoms with Crippen molar-refractivity contribution in [1.82, 2.24) is 4.90 Å². The van der Waals surface area contributed by atoms with E-state index in [0.29, 0.717) is 17.9 Å². The van der Waals surface area contributed by atoms with Gasteiger partial charge in [-0.25, -0.2) is 0 Å². The van der Waals surface area contributed by atoms with Gasteiger partial charge >= 0.3 is 0 Å². The van der Waals surface area contributed by atoms with Gasteiger partial charge in [0.05, 0.1) is 12.7 Å². The van der Waals surface area contributed by atoms with Crippen LogP contribution in [0.5, 0.6) is 5.75 Å². The molecule has 0 heterocycles. The Hall–Kier alpha value is -1.33. The van der Waals surface area contributed by atoms with Crippen LogP contribution in [0.2, 0.25) is 0 Å². The van der Waals surface area contributed by atoms with E-state index in [1.54, 1.807) is 31.2 Å². The molecule has 2 rings (SSSR count). The van der Waals surface area contributed by atoms with Crippen LogP contribution in [0.4, 0.5) is 0 Å². The van der Waals surface area contributed by atoms with Gasteiger partial charge in [-0.2, -0.15) is 0 Å². The molecule has 0 spiro atoms. The molecule has 0 saturated carbocycles. The van der Waals surface area contributed by atoms with Crippen LogP contribution >= 0.6 is 31.9 Å². The summed E-state index contributed by atoms with van der Waals surface area (Å²) in [6.07, 6.45) is 0. The standard InChI is InChI=1S/C16H15Br2NO2/c1-19(10-11-4-3-5-12(17)8-11)16(20)14-7-6-13(18)9-15(14)21-2/h3-9H,10H2,1-2H3. The van der Waals surface area contributed by atoms with Gasteiger partial charge in [-0.15, -0.1) is 0 Å². The van der Waals surface area contributed by atoms with Crippen LogP contribution in [0.3, 0.4) is 0 Å². The minimum Gasteiger partial charge on any atom is -0.496 e. The van der Waals surface area contributed by atoms with Crippen molar-refractivity contribution in [3.63, 3.8) is 0 Å². The summed E-state index contributed by atoms with van der Waals surface area (Å²) in [5.41, 5.74) is 1.62. The molecule has 5 heteroatoms. The van der Waals surface area contributed by atoms with E-state index in [9.17, 15) is 4.79 Å². The minimum absolute atomic E-state index is 0.0701. The van der Waals surface area contributed by atoms with E-state index >= 15 is 0 Å². The molecule has 0 aliphatic rings. The van der Waals surface area contributed by atoms with Gasteiger partial charge in [-0.05, 0) is 35.9 Å². The molecule has 0 radical (unpaired) electrons. The normalized spacial score (nSPS) is 10.3. The second-order valence-corrected chi connectivity index (χ2v) is 6.47. The van der Waals surface area contributed by atoms with Crippen LogP contribution in [0.1, 0.15) is 15.9 Å². The van der Waals surface area contributed by atoms with Gasteiger partial charge in [0.25, 0.3) is 5.91 Å². The average molecular weight is 413 g/mol. The Morgan fingerprint density at radius 2 is 1.86 bits per heavy atom. The number of nitrogens with zero attached hydrogens (tertiary/aromatic N) is 1. The summed E-state index contributed by atoms with van der Waals surface area (Å²) in [6, 6.07) is 13.3. The van der Waals surface area contributed by atoms with E-state index in [-0.39, 0.29) is 5.91 Å². The first kappa shape index (κ1) is 16.0. The molecule has 3 nitrogen and oxygen atoms in total. The molecule has 0 saturated heterocycles. The molecule has 0 atom stereocenters. The first-order valence-corrected chi connectivity index (χ1v) is 7.93. The van der Waals surface area contributed by atoms with Crippen molar-refractivity contribution in [3.05, 3.63) is 62.5 Å². The van der Waals surface area contributed by atoms with Crippen LogP contribution in [-0.2, 0) is 6.54 Å². The first-order chi connectivity index (χ1) is 10.0. The van der Waals surface area contributed by atoms with Crippen molar-refractivity contribution in [2.45, 2.75) is 6.54 Å². The molecule has 0 aliphatic heterocycles. The molecular weight excluding hydrogens is 398 g/mol. The summed E-state index contributed by atoms with van der Waals surface area (Å²) in [6.45, 7) is 0.539. The molecule has 2 aromatic carbocycles. The lowest BCUT2D eigenvalue weighted by Crippen LogP contribution is -2.26. The van der Waals surface area contributed by atoms with Crippen molar-refractivity contribution in [2.24, 2.45) is 0 Å². The predicted molar refractivity (Wildman–Crippen MR) is 90.6 cm³/mol. The van der Waals surface area contributed by atoms with Gasteiger partial charge in [0.2, 0.25) is 0 Å². The van der Waals surface area contributed by atoms with Gasteiger partial charge < -0.3 is 9.64 Å². The summed E-state index contributed by atoms with van der Waals surface area (Å²) in [4.78, 5) is 14.2. The first-order valence-electron chi connectivity index (χ1n) is 6.34. The topological polar surface area (TPSA) is 29.5 Å². The van der Waals surface area contributed by atoms with E-state index < -0.39 is 0 Å². The smallest absolute Gasteiger partial charge is 0.257 e. The van der Waals surface area contributed by atoms with Crippen LogP contribution in [0, 0.1) is 0 Å². The molecule has 0 fully saturated rings. The summed E-state index contributed by atoms with van der Waals surface area (Å²) in [5, 5.41) is 0. The second kappa shape index (κ2) is 7.09. The summed E-state index contributed by atoms with van der Waals surface area (Å²) in [7, 11) is 3.34. The van der Waals surface area contributed by atoms with E-state index in [1.165, 1.54) is 0 Å². The molecule has 2 aromatic rings. The number of benzene rings is 2. The van der Waals surface area contributed by atoms with Crippen LogP contribution in [0.15, 0.2) is 51.4 Å². The number of carbonyl (C=O) groups is 1. The Balaban J connectivity index is 2.19. The van der Waals surface area contributed by atoms with E-state index in [1.807, 2.05) is 30.3 Å². The lowest BCUT2D eigenvalue weighted by Gasteiger charge is -2.19. The van der Waals surface area contributed by atoms with Gasteiger partial charge in [0, 0.05) is 22.5 Å². The molecule has 1 amide bonds. The molecule has 0 aromatic heterocycles. The van der Waals surface area contributed by atoms with Gasteiger partial charge in [0.15, 0.2) is 0 Å². The highest BCUT2D eigenvalue weighted by Crippen LogP contribution is 2.25. The van der Waals surface area contributed by atoms with Crippen molar-refractivity contribution < 1.29 is 9.53 Å². The maximum Gasteiger partial charge on any atom is 0.257 e. The quantitative estimate of drug-likeness (QED) is 0.740. The minimum atomic E-state index is -0.0701. The monoisotopic (exact) mass is 411 g/mol. The largest absolute Gasteiger partial charge is 0.496 e. The Bertz CT molecular complexity index is 658. The maximum absolute atomic E-state index is 12.5. The fourth-order valence-electron chi connectivity index (χ4n) is 2.03. The molecule has 21 heavy (non-hydrogen) atoms. The molecule has 0 aliphatic carbocycles. The zero-order chi connectivity index (χ0) is 15.4. The zero-order valence-electron chi connectivity index (χ0n) is 11.8. The average Bonchev–Trinajstić information content (AvgIpc) is 2.46. The summed E-state index contributed by atoms with van der Waals surface area (Å²) < 4.78 is 7.16. The number of ether oxygens (including phenoxy) is 1. The van der Waals surface area contributed by atoms with Gasteiger partial charge in [-0.1, -0.05) is 44.0 Å². The Morgan fingerprint density at radius 1 is 1.14 bits per heavy atom. The highest BCUT2D eigenvalue weighted by Gasteiger charge is 2.17. The van der Waals surface area contributed by atoms with Crippen molar-refractivity contribution in [1.29, 1.82) is 0 Å². The molecule has 0 bridgehead atoms. The SMILES string of the molecule is COc1cc(Br)ccc1C(=O)N(C)Cc1cccc(Br)c1. The number of amides is 1. The molecule has 110 valence electrons. The maximum atomic E-state index is 12.5. The number of hydrogen-bond acceptors (Lipinski definition) is 2. The van der Waals surface area contributed by atoms with Crippen molar-refractivity contribution in [2.75, 3.05) is 14.2 Å². The number of carbonyl (C=O) groups excluding carboxylic acids is 1. The molecular formula is C16H15Br2NO2. The van der Waals surface area contributed by atoms with Crippen LogP contribution in [-0.4, -0.2) is 25.0 Å². The van der Waals surface area contributed by atoms with Gasteiger partial charge in [0.1, 0.15) is 5.75 Å². The third kappa shape index (κ3) is 4.08. The second-order valence-electron chi connectivity index (χ2n) is 4.64. The fourth-order valence-corrected chi connectivity index (χ4v) is 2.82. The fraction of sp³-hybridized carbons (Fsp3) is 0.188. The van der Waals surface area contributed by atoms with Crippen molar-refractivity contribution >= 4 is 37.8 Å². The highest BCUT2D eigenvalue weighted by molar-refractivity contribution is 9.10. The Morgan fingerprint density at radius 3 is 2.52 bits per heavy atom. The highest BCUT2D eigenvalue weighted by atomic mass is 79.9. The van der Waals surface area contributed by atoms with E-state index in [4.69, 9.17) is 4.74 Å². The number of hydrogen-bond donors (Lipinski definition) is 0. The number of rotatable bonds is 4. The number of halogens is 2. The zero-order valence-corrected chi connectivity index (χ0v) is 14.9. The summed E-state index contributed by atoms with van der Waals surface area (Å²) >= 11 is 6.81. The molecule has 0 unspecified atom stereocenters. The van der Waals surface area contributed by atoms with Crippen LogP contribution in [0.25, 0.3) is 0 Å². The third-order valence-electron chi connectivity index (χ3n) is 3.05. The van der Waals surface area contributed by atoms with Crippen molar-refractivity contribution in [3.8, 4) is 5.75 Å². The van der Waals surface area contributed by atoms with Gasteiger partial charge in [-0.3, -0.25) is 4.79 Å². The van der Waals surface area contributed by atoms with E-state index in [2.05, 4.69) is 31.9 Å². The number of methoxy groups -OCH3 is 1. The lowest BCUT2D eigenvalue weighted by molar-refractivity contribution is 0.0781. The Labute approximate surface area is 141 Å². The molecule has 0 N–H and O–H groups in total. The third-order valence-corrected chi connectivity index (χ3v) is 4.04. The van der Waals surface area contributed by atoms with E-state index in [0.717, 1.165) is 14.5 Å². The van der Waals surface area contributed by atoms with Crippen LogP contribution < -0.4 is 4.74 Å². The Kier molecular flexibility index (Phi) is 5.42. The lowest BCUT2D eigenvalue weighted by atomic mass is 10.1.